The maximum absolute atomic E-state index is 5.90. The van der Waals surface area contributed by atoms with Crippen molar-refractivity contribution < 1.29 is 26.3 Å². The third-order valence-electron chi connectivity index (χ3n) is 5.38. The number of hydrogen-bond donors (Lipinski definition) is 0. The second kappa shape index (κ2) is 16.5. The van der Waals surface area contributed by atoms with Crippen LogP contribution in [-0.4, -0.2) is 11.2 Å². The molecule has 0 aliphatic heterocycles. The van der Waals surface area contributed by atoms with Crippen molar-refractivity contribution >= 4 is 0 Å². The lowest BCUT2D eigenvalue weighted by Crippen LogP contribution is -3.00. The summed E-state index contributed by atoms with van der Waals surface area (Å²) >= 11 is 0. The largest absolute Gasteiger partial charge is 1.00 e. The van der Waals surface area contributed by atoms with Crippen LogP contribution in [0.5, 0.6) is 5.75 Å². The SMILES string of the molecule is CCCCCCCCCCCCCCOc1ccc(Cn2cc[n+](C)c2)cc1.[Br-]. The van der Waals surface area contributed by atoms with E-state index in [1.54, 1.807) is 0 Å². The second-order valence-corrected chi connectivity index (χ2v) is 8.13. The standard InChI is InChI=1S/C25H41N2O.BrH/c1-3-4-5-6-7-8-9-10-11-12-13-14-21-28-25-17-15-24(16-18-25)22-27-20-19-26(2)23-27;/h15-20,23H,3-14,21-22H2,1-2H3;1H/q+1;/p-1. The molecule has 0 aliphatic rings. The molecule has 0 aliphatic carbocycles. The average Bonchev–Trinajstić information content (AvgIpc) is 3.11. The van der Waals surface area contributed by atoms with E-state index in [9.17, 15) is 0 Å². The first-order valence-corrected chi connectivity index (χ1v) is 11.5. The first-order valence-electron chi connectivity index (χ1n) is 11.5. The van der Waals surface area contributed by atoms with Crippen molar-refractivity contribution in [2.45, 2.75) is 90.5 Å². The van der Waals surface area contributed by atoms with Crippen molar-refractivity contribution in [1.82, 2.24) is 4.57 Å². The molecule has 2 rings (SSSR count). The van der Waals surface area contributed by atoms with Gasteiger partial charge in [0.15, 0.2) is 0 Å². The minimum absolute atomic E-state index is 0. The van der Waals surface area contributed by atoms with Crippen LogP contribution in [-0.2, 0) is 13.6 Å². The number of ether oxygens (including phenoxy) is 1. The maximum atomic E-state index is 5.90. The highest BCUT2D eigenvalue weighted by Gasteiger charge is 2.02. The number of rotatable bonds is 16. The number of unbranched alkanes of at least 4 members (excludes halogenated alkanes) is 11. The molecule has 1 aromatic heterocycles. The minimum atomic E-state index is 0. The summed E-state index contributed by atoms with van der Waals surface area (Å²) in [6, 6.07) is 8.52. The summed E-state index contributed by atoms with van der Waals surface area (Å²) < 4.78 is 10.1. The monoisotopic (exact) mass is 464 g/mol. The molecular formula is C25H41BrN2O. The number of aryl methyl sites for hydroxylation is 1. The fourth-order valence-electron chi connectivity index (χ4n) is 3.63. The summed E-state index contributed by atoms with van der Waals surface area (Å²) in [7, 11) is 2.04. The molecule has 29 heavy (non-hydrogen) atoms. The zero-order valence-electron chi connectivity index (χ0n) is 18.6. The Morgan fingerprint density at radius 3 is 1.86 bits per heavy atom. The Morgan fingerprint density at radius 1 is 0.793 bits per heavy atom. The Labute approximate surface area is 189 Å². The molecule has 0 radical (unpaired) electrons. The molecule has 0 N–H and O–H groups in total. The van der Waals surface area contributed by atoms with Crippen LogP contribution in [0.2, 0.25) is 0 Å². The van der Waals surface area contributed by atoms with Gasteiger partial charge in [0.05, 0.1) is 13.7 Å². The summed E-state index contributed by atoms with van der Waals surface area (Å²) in [5.41, 5.74) is 1.30. The molecule has 0 atom stereocenters. The second-order valence-electron chi connectivity index (χ2n) is 8.13. The highest BCUT2D eigenvalue weighted by molar-refractivity contribution is 5.27. The van der Waals surface area contributed by atoms with E-state index >= 15 is 0 Å². The normalized spacial score (nSPS) is 10.7. The Morgan fingerprint density at radius 2 is 1.34 bits per heavy atom. The molecule has 0 saturated heterocycles. The van der Waals surface area contributed by atoms with E-state index in [4.69, 9.17) is 4.74 Å². The van der Waals surface area contributed by atoms with Crippen LogP contribution in [0.25, 0.3) is 0 Å². The molecule has 0 bridgehead atoms. The summed E-state index contributed by atoms with van der Waals surface area (Å²) in [5, 5.41) is 0. The number of benzene rings is 1. The van der Waals surface area contributed by atoms with Gasteiger partial charge in [-0.1, -0.05) is 89.7 Å². The molecule has 0 amide bonds. The molecule has 1 aromatic carbocycles. The van der Waals surface area contributed by atoms with E-state index in [0.29, 0.717) is 0 Å². The van der Waals surface area contributed by atoms with Crippen LogP contribution < -0.4 is 26.3 Å². The van der Waals surface area contributed by atoms with E-state index < -0.39 is 0 Å². The number of aromatic nitrogens is 2. The van der Waals surface area contributed by atoms with Crippen LogP contribution in [0.15, 0.2) is 43.0 Å². The maximum Gasteiger partial charge on any atom is 0.243 e. The summed E-state index contributed by atoms with van der Waals surface area (Å²) in [4.78, 5) is 0. The first kappa shape index (κ1) is 25.7. The predicted molar refractivity (Wildman–Crippen MR) is 118 cm³/mol. The van der Waals surface area contributed by atoms with Gasteiger partial charge in [-0.2, -0.15) is 0 Å². The van der Waals surface area contributed by atoms with Crippen molar-refractivity contribution in [1.29, 1.82) is 0 Å². The van der Waals surface area contributed by atoms with Gasteiger partial charge in [0.25, 0.3) is 0 Å². The van der Waals surface area contributed by atoms with Crippen LogP contribution in [0, 0.1) is 0 Å². The lowest BCUT2D eigenvalue weighted by atomic mass is 10.1. The van der Waals surface area contributed by atoms with Gasteiger partial charge in [-0.15, -0.1) is 0 Å². The zero-order valence-corrected chi connectivity index (χ0v) is 20.2. The summed E-state index contributed by atoms with van der Waals surface area (Å²) in [6.45, 7) is 4.02. The van der Waals surface area contributed by atoms with Crippen LogP contribution >= 0.6 is 0 Å². The molecule has 0 saturated carbocycles. The fourth-order valence-corrected chi connectivity index (χ4v) is 3.63. The number of halogens is 1. The van der Waals surface area contributed by atoms with Gasteiger partial charge in [0, 0.05) is 0 Å². The molecule has 0 unspecified atom stereocenters. The van der Waals surface area contributed by atoms with Gasteiger partial charge >= 0.3 is 0 Å². The predicted octanol–water partition coefficient (Wildman–Crippen LogP) is 3.44. The molecule has 1 heterocycles. The smallest absolute Gasteiger partial charge is 0.243 e. The van der Waals surface area contributed by atoms with E-state index in [-0.39, 0.29) is 17.0 Å². The Balaban J connectivity index is 0.00000420. The molecule has 2 aromatic rings. The van der Waals surface area contributed by atoms with E-state index in [1.165, 1.54) is 82.6 Å². The van der Waals surface area contributed by atoms with Crippen molar-refractivity contribution in [3.8, 4) is 5.75 Å². The van der Waals surface area contributed by atoms with Crippen molar-refractivity contribution in [3.63, 3.8) is 0 Å². The highest BCUT2D eigenvalue weighted by atomic mass is 79.9. The third-order valence-corrected chi connectivity index (χ3v) is 5.38. The summed E-state index contributed by atoms with van der Waals surface area (Å²) in [5.74, 6) is 0.991. The number of hydrogen-bond acceptors (Lipinski definition) is 1. The summed E-state index contributed by atoms with van der Waals surface area (Å²) in [6.07, 6.45) is 22.8. The zero-order chi connectivity index (χ0) is 19.9. The third kappa shape index (κ3) is 12.1. The minimum Gasteiger partial charge on any atom is -1.00 e. The van der Waals surface area contributed by atoms with Gasteiger partial charge in [-0.05, 0) is 24.1 Å². The molecule has 3 nitrogen and oxygen atoms in total. The topological polar surface area (TPSA) is 18.0 Å². The van der Waals surface area contributed by atoms with E-state index in [1.807, 2.05) is 7.05 Å². The van der Waals surface area contributed by atoms with Crippen molar-refractivity contribution in [2.75, 3.05) is 6.61 Å². The highest BCUT2D eigenvalue weighted by Crippen LogP contribution is 2.15. The number of imidazole rings is 1. The van der Waals surface area contributed by atoms with Gasteiger partial charge in [-0.25, -0.2) is 9.13 Å². The number of nitrogens with zero attached hydrogens (tertiary/aromatic N) is 2. The molecule has 0 spiro atoms. The van der Waals surface area contributed by atoms with Gasteiger partial charge in [-0.3, -0.25) is 0 Å². The van der Waals surface area contributed by atoms with Gasteiger partial charge in [0.1, 0.15) is 24.7 Å². The average molecular weight is 466 g/mol. The first-order chi connectivity index (χ1) is 13.8. The Kier molecular flexibility index (Phi) is 14.6. The van der Waals surface area contributed by atoms with Crippen molar-refractivity contribution in [3.05, 3.63) is 48.5 Å². The molecule has 164 valence electrons. The molecule has 4 heteroatoms. The fraction of sp³-hybridized carbons (Fsp3) is 0.640. The van der Waals surface area contributed by atoms with Gasteiger partial charge in [0.2, 0.25) is 6.33 Å². The van der Waals surface area contributed by atoms with Crippen molar-refractivity contribution in [2.24, 2.45) is 7.05 Å². The lowest BCUT2D eigenvalue weighted by molar-refractivity contribution is -0.671. The lowest BCUT2D eigenvalue weighted by Gasteiger charge is -2.07. The molecular weight excluding hydrogens is 424 g/mol. The van der Waals surface area contributed by atoms with Crippen LogP contribution in [0.1, 0.15) is 89.5 Å². The van der Waals surface area contributed by atoms with E-state index in [0.717, 1.165) is 18.9 Å². The van der Waals surface area contributed by atoms with Crippen LogP contribution in [0.4, 0.5) is 0 Å². The van der Waals surface area contributed by atoms with Gasteiger partial charge < -0.3 is 21.7 Å². The van der Waals surface area contributed by atoms with Crippen LogP contribution in [0.3, 0.4) is 0 Å². The quantitative estimate of drug-likeness (QED) is 0.274. The Bertz CT molecular complexity index is 624. The van der Waals surface area contributed by atoms with E-state index in [2.05, 4.69) is 59.0 Å². The Hall–Kier alpha value is -1.29. The molecule has 0 fully saturated rings.